The van der Waals surface area contributed by atoms with Crippen LogP contribution in [0.25, 0.3) is 17.0 Å². The zero-order valence-corrected chi connectivity index (χ0v) is 17.9. The molecule has 1 amide bonds. The Kier molecular flexibility index (Phi) is 6.57. The van der Waals surface area contributed by atoms with E-state index in [0.717, 1.165) is 43.8 Å². The number of carbonyl (C=O) groups excluding carboxylic acids is 1. The van der Waals surface area contributed by atoms with Gasteiger partial charge in [0.05, 0.1) is 17.2 Å². The highest BCUT2D eigenvalue weighted by atomic mass is 16.2. The molecule has 0 radical (unpaired) electrons. The smallest absolute Gasteiger partial charge is 0.261 e. The summed E-state index contributed by atoms with van der Waals surface area (Å²) in [7, 11) is 0. The summed E-state index contributed by atoms with van der Waals surface area (Å²) in [5.41, 5.74) is 2.82. The number of amides is 1. The van der Waals surface area contributed by atoms with Gasteiger partial charge in [-0.2, -0.15) is 0 Å². The maximum absolute atomic E-state index is 12.7. The van der Waals surface area contributed by atoms with Gasteiger partial charge in [-0.3, -0.25) is 19.1 Å². The number of piperazine rings is 1. The second-order valence-electron chi connectivity index (χ2n) is 7.96. The van der Waals surface area contributed by atoms with E-state index in [-0.39, 0.29) is 11.5 Å². The summed E-state index contributed by atoms with van der Waals surface area (Å²) in [5, 5.41) is 0.604. The van der Waals surface area contributed by atoms with Gasteiger partial charge in [0.15, 0.2) is 0 Å². The molecule has 4 rings (SSSR count). The van der Waals surface area contributed by atoms with Crippen molar-refractivity contribution in [3.05, 3.63) is 82.4 Å². The third-order valence-electron chi connectivity index (χ3n) is 5.82. The average Bonchev–Trinajstić information content (AvgIpc) is 2.80. The lowest BCUT2D eigenvalue weighted by Crippen LogP contribution is -2.48. The van der Waals surface area contributed by atoms with Gasteiger partial charge >= 0.3 is 0 Å². The summed E-state index contributed by atoms with van der Waals surface area (Å²) in [6.07, 6.45) is 6.18. The Morgan fingerprint density at radius 3 is 2.58 bits per heavy atom. The first-order chi connectivity index (χ1) is 15.1. The van der Waals surface area contributed by atoms with Crippen molar-refractivity contribution in [3.63, 3.8) is 0 Å². The normalized spacial score (nSPS) is 15.1. The summed E-state index contributed by atoms with van der Waals surface area (Å²) in [6.45, 7) is 6.36. The van der Waals surface area contributed by atoms with Crippen LogP contribution in [0.1, 0.15) is 17.5 Å². The molecule has 6 nitrogen and oxygen atoms in total. The van der Waals surface area contributed by atoms with Gasteiger partial charge in [-0.15, -0.1) is 0 Å². The molecule has 1 fully saturated rings. The number of rotatable bonds is 6. The van der Waals surface area contributed by atoms with Crippen molar-refractivity contribution in [2.75, 3.05) is 32.7 Å². The molecule has 2 heterocycles. The van der Waals surface area contributed by atoms with Crippen molar-refractivity contribution in [1.29, 1.82) is 0 Å². The quantitative estimate of drug-likeness (QED) is 0.620. The number of carbonyl (C=O) groups is 1. The average molecular weight is 417 g/mol. The van der Waals surface area contributed by atoms with E-state index in [4.69, 9.17) is 0 Å². The molecule has 6 heteroatoms. The van der Waals surface area contributed by atoms with Gasteiger partial charge in [-0.1, -0.05) is 54.6 Å². The molecule has 0 spiro atoms. The monoisotopic (exact) mass is 416 g/mol. The number of hydrogen-bond acceptors (Lipinski definition) is 4. The van der Waals surface area contributed by atoms with E-state index in [1.807, 2.05) is 42.2 Å². The molecular formula is C25H28N4O2. The maximum Gasteiger partial charge on any atom is 0.261 e. The first-order valence-corrected chi connectivity index (χ1v) is 10.8. The van der Waals surface area contributed by atoms with Crippen LogP contribution in [0.15, 0.2) is 65.7 Å². The topological polar surface area (TPSA) is 58.4 Å². The van der Waals surface area contributed by atoms with Gasteiger partial charge < -0.3 is 4.90 Å². The van der Waals surface area contributed by atoms with Crippen LogP contribution < -0.4 is 5.56 Å². The molecule has 0 bridgehead atoms. The van der Waals surface area contributed by atoms with Crippen LogP contribution in [0.3, 0.4) is 0 Å². The lowest BCUT2D eigenvalue weighted by Gasteiger charge is -2.34. The van der Waals surface area contributed by atoms with E-state index in [0.29, 0.717) is 18.4 Å². The Labute approximate surface area is 182 Å². The fourth-order valence-electron chi connectivity index (χ4n) is 3.95. The molecule has 160 valence electrons. The Balaban J connectivity index is 1.27. The highest BCUT2D eigenvalue weighted by Crippen LogP contribution is 2.12. The van der Waals surface area contributed by atoms with Gasteiger partial charge in [0, 0.05) is 45.7 Å². The Hall–Kier alpha value is -3.25. The van der Waals surface area contributed by atoms with Gasteiger partial charge in [0.25, 0.3) is 5.56 Å². The fourth-order valence-corrected chi connectivity index (χ4v) is 3.95. The second kappa shape index (κ2) is 9.71. The van der Waals surface area contributed by atoms with Crippen LogP contribution in [0.4, 0.5) is 0 Å². The highest BCUT2D eigenvalue weighted by Gasteiger charge is 2.20. The van der Waals surface area contributed by atoms with Crippen molar-refractivity contribution in [1.82, 2.24) is 19.4 Å². The molecule has 2 aromatic carbocycles. The van der Waals surface area contributed by atoms with E-state index in [9.17, 15) is 9.59 Å². The lowest BCUT2D eigenvalue weighted by atomic mass is 10.1. The number of aryl methyl sites for hydroxylation is 2. The van der Waals surface area contributed by atoms with E-state index in [1.165, 1.54) is 5.56 Å². The van der Waals surface area contributed by atoms with Crippen LogP contribution in [-0.2, 0) is 11.3 Å². The van der Waals surface area contributed by atoms with Crippen LogP contribution in [0.2, 0.25) is 0 Å². The molecule has 0 atom stereocenters. The van der Waals surface area contributed by atoms with Gasteiger partial charge in [0.1, 0.15) is 0 Å². The Morgan fingerprint density at radius 2 is 1.81 bits per heavy atom. The minimum Gasteiger partial charge on any atom is -0.340 e. The molecular weight excluding hydrogens is 388 g/mol. The number of hydrogen-bond donors (Lipinski definition) is 0. The predicted molar refractivity (Wildman–Crippen MR) is 124 cm³/mol. The zero-order valence-electron chi connectivity index (χ0n) is 17.9. The van der Waals surface area contributed by atoms with Crippen molar-refractivity contribution < 1.29 is 4.79 Å². The van der Waals surface area contributed by atoms with Crippen molar-refractivity contribution in [2.24, 2.45) is 0 Å². The number of aromatic nitrogens is 2. The first kappa shape index (κ1) is 21.0. The number of para-hydroxylation sites is 1. The summed E-state index contributed by atoms with van der Waals surface area (Å²) in [6, 6.07) is 15.9. The summed E-state index contributed by atoms with van der Waals surface area (Å²) in [4.78, 5) is 34.0. The molecule has 1 aliphatic rings. The number of benzene rings is 2. The van der Waals surface area contributed by atoms with E-state index in [2.05, 4.69) is 34.2 Å². The molecule has 0 saturated carbocycles. The lowest BCUT2D eigenvalue weighted by molar-refractivity contribution is -0.133. The van der Waals surface area contributed by atoms with E-state index >= 15 is 0 Å². The largest absolute Gasteiger partial charge is 0.340 e. The van der Waals surface area contributed by atoms with Gasteiger partial charge in [0.2, 0.25) is 5.91 Å². The minimum atomic E-state index is -0.0866. The third-order valence-corrected chi connectivity index (χ3v) is 5.82. The molecule has 0 unspecified atom stereocenters. The predicted octanol–water partition coefficient (Wildman–Crippen LogP) is 2.95. The van der Waals surface area contributed by atoms with Crippen molar-refractivity contribution in [3.8, 4) is 0 Å². The molecule has 1 saturated heterocycles. The van der Waals surface area contributed by atoms with E-state index in [1.54, 1.807) is 17.0 Å². The van der Waals surface area contributed by atoms with Crippen molar-refractivity contribution >= 4 is 22.9 Å². The summed E-state index contributed by atoms with van der Waals surface area (Å²) >= 11 is 0. The molecule has 1 aliphatic heterocycles. The second-order valence-corrected chi connectivity index (χ2v) is 7.96. The van der Waals surface area contributed by atoms with Crippen LogP contribution >= 0.6 is 0 Å². The molecule has 1 aromatic heterocycles. The van der Waals surface area contributed by atoms with Crippen LogP contribution in [-0.4, -0.2) is 58.0 Å². The highest BCUT2D eigenvalue weighted by molar-refractivity contribution is 5.80. The summed E-state index contributed by atoms with van der Waals surface area (Å²) in [5.74, 6) is 0.0933. The Morgan fingerprint density at radius 1 is 1.03 bits per heavy atom. The van der Waals surface area contributed by atoms with Gasteiger partial charge in [-0.25, -0.2) is 4.98 Å². The molecule has 0 aliphatic carbocycles. The SMILES string of the molecule is Cc1cccc2c(=O)n(CCC(=O)N3CCN(C/C=C/c4ccccc4)CC3)cnc12. The standard InChI is InChI=1S/C25H28N4O2/c1-20-7-5-11-22-24(20)26-19-29(25(22)31)14-12-23(30)28-17-15-27(16-18-28)13-6-10-21-8-3-2-4-9-21/h2-11,19H,12-18H2,1H3/b10-6+. The Bertz CT molecular complexity index is 1130. The van der Waals surface area contributed by atoms with Crippen molar-refractivity contribution in [2.45, 2.75) is 19.9 Å². The van der Waals surface area contributed by atoms with Gasteiger partial charge in [-0.05, 0) is 24.1 Å². The van der Waals surface area contributed by atoms with Crippen LogP contribution in [0, 0.1) is 6.92 Å². The molecule has 0 N–H and O–H groups in total. The summed E-state index contributed by atoms with van der Waals surface area (Å²) < 4.78 is 1.55. The number of fused-ring (bicyclic) bond motifs is 1. The maximum atomic E-state index is 12.7. The zero-order chi connectivity index (χ0) is 21.6. The third kappa shape index (κ3) is 5.09. The first-order valence-electron chi connectivity index (χ1n) is 10.8. The molecule has 31 heavy (non-hydrogen) atoms. The molecule has 3 aromatic rings. The number of nitrogens with zero attached hydrogens (tertiary/aromatic N) is 4. The van der Waals surface area contributed by atoms with Crippen LogP contribution in [0.5, 0.6) is 0 Å². The fraction of sp³-hybridized carbons (Fsp3) is 0.320. The van der Waals surface area contributed by atoms with E-state index < -0.39 is 0 Å². The minimum absolute atomic E-state index is 0.0866.